The summed E-state index contributed by atoms with van der Waals surface area (Å²) >= 11 is 3.36. The summed E-state index contributed by atoms with van der Waals surface area (Å²) in [6.45, 7) is 6.33. The molecule has 2 aromatic rings. The maximum atomic E-state index is 12.8. The minimum Gasteiger partial charge on any atom is -0.324 e. The van der Waals surface area contributed by atoms with Gasteiger partial charge >= 0.3 is 0 Å². The number of nitriles is 1. The van der Waals surface area contributed by atoms with Crippen molar-refractivity contribution in [2.24, 2.45) is 5.41 Å². The van der Waals surface area contributed by atoms with Gasteiger partial charge in [-0.25, -0.2) is 0 Å². The van der Waals surface area contributed by atoms with E-state index in [9.17, 15) is 14.9 Å². The first kappa shape index (κ1) is 18.3. The molecule has 26 heavy (non-hydrogen) atoms. The molecule has 0 bridgehead atoms. The highest BCUT2D eigenvalue weighted by molar-refractivity contribution is 9.10. The van der Waals surface area contributed by atoms with Crippen LogP contribution >= 0.6 is 15.9 Å². The summed E-state index contributed by atoms with van der Waals surface area (Å²) in [7, 11) is 0. The van der Waals surface area contributed by atoms with Gasteiger partial charge < -0.3 is 5.32 Å². The Labute approximate surface area is 161 Å². The lowest BCUT2D eigenvalue weighted by Crippen LogP contribution is -2.40. The Morgan fingerprint density at radius 3 is 2.42 bits per heavy atom. The molecule has 132 valence electrons. The minimum absolute atomic E-state index is 0.00681. The molecule has 1 amide bonds. The van der Waals surface area contributed by atoms with Gasteiger partial charge in [0.1, 0.15) is 0 Å². The maximum absolute atomic E-state index is 12.8. The highest BCUT2D eigenvalue weighted by Crippen LogP contribution is 2.39. The normalized spacial score (nSPS) is 19.0. The van der Waals surface area contributed by atoms with Crippen molar-refractivity contribution < 1.29 is 9.59 Å². The molecule has 4 nitrogen and oxygen atoms in total. The standard InChI is InChI=1S/C21H19BrN2O2/c1-20(2,3)14-4-7-16(8-5-14)24-19(26)21(12-23)11-13-10-15(22)6-9-17(13)18(21)25/h4-10H,11H2,1-3H3,(H,24,26)/t21-/m1/s1. The Bertz CT molecular complexity index is 936. The van der Waals surface area contributed by atoms with Gasteiger partial charge in [-0.15, -0.1) is 0 Å². The van der Waals surface area contributed by atoms with Crippen LogP contribution in [0.1, 0.15) is 42.3 Å². The first-order chi connectivity index (χ1) is 12.2. The van der Waals surface area contributed by atoms with E-state index in [0.717, 1.165) is 10.0 Å². The van der Waals surface area contributed by atoms with Crippen LogP contribution in [0.4, 0.5) is 5.69 Å². The van der Waals surface area contributed by atoms with E-state index >= 15 is 0 Å². The summed E-state index contributed by atoms with van der Waals surface area (Å²) in [6, 6.07) is 14.6. The molecule has 0 heterocycles. The van der Waals surface area contributed by atoms with Gasteiger partial charge in [-0.2, -0.15) is 5.26 Å². The number of hydrogen-bond acceptors (Lipinski definition) is 3. The second kappa shape index (κ2) is 6.37. The predicted octanol–water partition coefficient (Wildman–Crippen LogP) is 4.63. The van der Waals surface area contributed by atoms with Crippen molar-refractivity contribution in [2.45, 2.75) is 32.6 Å². The van der Waals surface area contributed by atoms with E-state index < -0.39 is 17.1 Å². The second-order valence-corrected chi connectivity index (χ2v) is 8.52. The number of nitrogens with one attached hydrogen (secondary N) is 1. The largest absolute Gasteiger partial charge is 0.324 e. The Hall–Kier alpha value is -2.45. The number of nitrogens with zero attached hydrogens (tertiary/aromatic N) is 1. The van der Waals surface area contributed by atoms with Gasteiger partial charge in [-0.1, -0.05) is 48.8 Å². The van der Waals surface area contributed by atoms with Gasteiger partial charge in [0.05, 0.1) is 6.07 Å². The molecule has 0 aliphatic heterocycles. The molecule has 1 atom stereocenters. The van der Waals surface area contributed by atoms with E-state index in [2.05, 4.69) is 42.0 Å². The van der Waals surface area contributed by atoms with Crippen molar-refractivity contribution in [1.29, 1.82) is 5.26 Å². The van der Waals surface area contributed by atoms with E-state index in [1.54, 1.807) is 30.3 Å². The van der Waals surface area contributed by atoms with Gasteiger partial charge in [0.2, 0.25) is 5.41 Å². The van der Waals surface area contributed by atoms with E-state index in [4.69, 9.17) is 0 Å². The lowest BCUT2D eigenvalue weighted by molar-refractivity contribution is -0.120. The van der Waals surface area contributed by atoms with E-state index in [-0.39, 0.29) is 11.8 Å². The molecule has 0 saturated carbocycles. The van der Waals surface area contributed by atoms with Crippen LogP contribution in [0.3, 0.4) is 0 Å². The Morgan fingerprint density at radius 2 is 1.85 bits per heavy atom. The van der Waals surface area contributed by atoms with Crippen molar-refractivity contribution in [1.82, 2.24) is 0 Å². The number of rotatable bonds is 2. The average Bonchev–Trinajstić information content (AvgIpc) is 2.87. The molecular weight excluding hydrogens is 392 g/mol. The van der Waals surface area contributed by atoms with Crippen LogP contribution in [0.15, 0.2) is 46.9 Å². The molecule has 5 heteroatoms. The summed E-state index contributed by atoms with van der Waals surface area (Å²) in [6.07, 6.45) is 0.0863. The fourth-order valence-electron chi connectivity index (χ4n) is 3.14. The number of fused-ring (bicyclic) bond motifs is 1. The molecule has 1 aliphatic carbocycles. The number of Topliss-reactive ketones (excluding diaryl/α,β-unsaturated/α-hetero) is 1. The number of hydrogen-bond donors (Lipinski definition) is 1. The van der Waals surface area contributed by atoms with Crippen LogP contribution in [0, 0.1) is 16.7 Å². The lowest BCUT2D eigenvalue weighted by atomic mass is 9.84. The third kappa shape index (κ3) is 3.06. The second-order valence-electron chi connectivity index (χ2n) is 7.61. The summed E-state index contributed by atoms with van der Waals surface area (Å²) in [5.74, 6) is -1.02. The maximum Gasteiger partial charge on any atom is 0.253 e. The fourth-order valence-corrected chi connectivity index (χ4v) is 3.55. The van der Waals surface area contributed by atoms with E-state index in [0.29, 0.717) is 16.8 Å². The van der Waals surface area contributed by atoms with Crippen LogP contribution < -0.4 is 5.32 Å². The van der Waals surface area contributed by atoms with Crippen LogP contribution in [0.5, 0.6) is 0 Å². The molecule has 1 aliphatic rings. The highest BCUT2D eigenvalue weighted by Gasteiger charge is 2.52. The summed E-state index contributed by atoms with van der Waals surface area (Å²) < 4.78 is 0.816. The monoisotopic (exact) mass is 410 g/mol. The van der Waals surface area contributed by atoms with Crippen molar-refractivity contribution in [3.63, 3.8) is 0 Å². The molecule has 0 fully saturated rings. The molecule has 0 saturated heterocycles. The summed E-state index contributed by atoms with van der Waals surface area (Å²) in [5, 5.41) is 12.4. The predicted molar refractivity (Wildman–Crippen MR) is 104 cm³/mol. The van der Waals surface area contributed by atoms with Gasteiger partial charge in [0.15, 0.2) is 5.78 Å². The van der Waals surface area contributed by atoms with Crippen LogP contribution in [0.2, 0.25) is 0 Å². The smallest absolute Gasteiger partial charge is 0.253 e. The van der Waals surface area contributed by atoms with E-state index in [1.807, 2.05) is 18.2 Å². The molecule has 0 aromatic heterocycles. The number of benzene rings is 2. The zero-order chi connectivity index (χ0) is 19.1. The van der Waals surface area contributed by atoms with Crippen LogP contribution in [-0.2, 0) is 16.6 Å². The third-order valence-electron chi connectivity index (χ3n) is 4.74. The quantitative estimate of drug-likeness (QED) is 0.733. The topological polar surface area (TPSA) is 70.0 Å². The van der Waals surface area contributed by atoms with Gasteiger partial charge in [-0.05, 0) is 46.9 Å². The van der Waals surface area contributed by atoms with Crippen molar-refractivity contribution in [3.05, 3.63) is 63.6 Å². The molecule has 0 radical (unpaired) electrons. The number of halogens is 1. The molecule has 0 unspecified atom stereocenters. The molecule has 3 rings (SSSR count). The third-order valence-corrected chi connectivity index (χ3v) is 5.24. The summed E-state index contributed by atoms with van der Waals surface area (Å²) in [5.41, 5.74) is 1.15. The number of amides is 1. The Balaban J connectivity index is 1.87. The van der Waals surface area contributed by atoms with Crippen molar-refractivity contribution in [2.75, 3.05) is 5.32 Å². The van der Waals surface area contributed by atoms with Gasteiger partial charge in [0.25, 0.3) is 5.91 Å². The zero-order valence-corrected chi connectivity index (χ0v) is 16.5. The Morgan fingerprint density at radius 1 is 1.19 bits per heavy atom. The van der Waals surface area contributed by atoms with Crippen molar-refractivity contribution >= 4 is 33.3 Å². The van der Waals surface area contributed by atoms with Gasteiger partial charge in [0, 0.05) is 22.1 Å². The number of carbonyl (C=O) groups is 2. The number of anilines is 1. The van der Waals surface area contributed by atoms with Crippen molar-refractivity contribution in [3.8, 4) is 6.07 Å². The minimum atomic E-state index is -1.72. The highest BCUT2D eigenvalue weighted by atomic mass is 79.9. The SMILES string of the molecule is CC(C)(C)c1ccc(NC(=O)[C@@]2(C#N)Cc3cc(Br)ccc3C2=O)cc1. The molecule has 0 spiro atoms. The zero-order valence-electron chi connectivity index (χ0n) is 14.9. The first-order valence-electron chi connectivity index (χ1n) is 8.34. The molecule has 1 N–H and O–H groups in total. The summed E-state index contributed by atoms with van der Waals surface area (Å²) in [4.78, 5) is 25.6. The molecule has 2 aromatic carbocycles. The molecular formula is C21H19BrN2O2. The van der Waals surface area contributed by atoms with E-state index in [1.165, 1.54) is 0 Å². The first-order valence-corrected chi connectivity index (χ1v) is 9.13. The van der Waals surface area contributed by atoms with Crippen LogP contribution in [-0.4, -0.2) is 11.7 Å². The fraction of sp³-hybridized carbons (Fsp3) is 0.286. The average molecular weight is 411 g/mol. The number of ketones is 1. The Kier molecular flexibility index (Phi) is 4.49. The lowest BCUT2D eigenvalue weighted by Gasteiger charge is -2.21. The van der Waals surface area contributed by atoms with Gasteiger partial charge in [-0.3, -0.25) is 9.59 Å². The van der Waals surface area contributed by atoms with Crippen LogP contribution in [0.25, 0.3) is 0 Å². The number of carbonyl (C=O) groups excluding carboxylic acids is 2.